The van der Waals surface area contributed by atoms with Crippen LogP contribution in [0.5, 0.6) is 0 Å². The van der Waals surface area contributed by atoms with E-state index in [0.29, 0.717) is 23.7 Å². The van der Waals surface area contributed by atoms with Crippen LogP contribution in [0.1, 0.15) is 55.4 Å². The van der Waals surface area contributed by atoms with Crippen LogP contribution >= 0.6 is 0 Å². The Labute approximate surface area is 108 Å². The quantitative estimate of drug-likeness (QED) is 0.605. The van der Waals surface area contributed by atoms with Gasteiger partial charge in [-0.25, -0.2) is 0 Å². The molecule has 0 fully saturated rings. The Kier molecular flexibility index (Phi) is 4.28. The van der Waals surface area contributed by atoms with Crippen molar-refractivity contribution in [1.82, 2.24) is 0 Å². The SMILES string of the molecule is CC(C)C1=C(C(C)C)C(C(C)C)(C(C)C)C=C1. The van der Waals surface area contributed by atoms with E-state index in [4.69, 9.17) is 0 Å². The molecule has 0 unspecified atom stereocenters. The highest BCUT2D eigenvalue weighted by atomic mass is 14.5. The van der Waals surface area contributed by atoms with Gasteiger partial charge >= 0.3 is 0 Å². The Bertz CT molecular complexity index is 316. The summed E-state index contributed by atoms with van der Waals surface area (Å²) in [6.45, 7) is 18.8. The summed E-state index contributed by atoms with van der Waals surface area (Å²) in [5.74, 6) is 2.63. The van der Waals surface area contributed by atoms with Crippen LogP contribution in [0.2, 0.25) is 0 Å². The van der Waals surface area contributed by atoms with E-state index in [1.807, 2.05) is 0 Å². The van der Waals surface area contributed by atoms with Gasteiger partial charge in [0.25, 0.3) is 0 Å². The molecule has 0 atom stereocenters. The molecule has 0 bridgehead atoms. The summed E-state index contributed by atoms with van der Waals surface area (Å²) in [6, 6.07) is 0. The maximum absolute atomic E-state index is 2.49. The van der Waals surface area contributed by atoms with Gasteiger partial charge < -0.3 is 0 Å². The van der Waals surface area contributed by atoms with E-state index in [0.717, 1.165) is 0 Å². The molecule has 1 aliphatic rings. The van der Waals surface area contributed by atoms with E-state index >= 15 is 0 Å². The number of rotatable bonds is 4. The zero-order valence-corrected chi connectivity index (χ0v) is 13.0. The molecule has 17 heavy (non-hydrogen) atoms. The summed E-state index contributed by atoms with van der Waals surface area (Å²) in [7, 11) is 0. The molecule has 0 heteroatoms. The summed E-state index contributed by atoms with van der Waals surface area (Å²) >= 11 is 0. The average Bonchev–Trinajstić information content (AvgIpc) is 2.57. The summed E-state index contributed by atoms with van der Waals surface area (Å²) in [4.78, 5) is 0. The molecule has 0 nitrogen and oxygen atoms in total. The third-order valence-corrected chi connectivity index (χ3v) is 4.43. The van der Waals surface area contributed by atoms with Crippen LogP contribution in [0.25, 0.3) is 0 Å². The van der Waals surface area contributed by atoms with E-state index in [1.165, 1.54) is 0 Å². The maximum atomic E-state index is 2.49. The van der Waals surface area contributed by atoms with Crippen LogP contribution in [0.3, 0.4) is 0 Å². The molecule has 1 aliphatic carbocycles. The Morgan fingerprint density at radius 3 is 1.53 bits per heavy atom. The first-order valence-electron chi connectivity index (χ1n) is 7.18. The lowest BCUT2D eigenvalue weighted by molar-refractivity contribution is 0.216. The van der Waals surface area contributed by atoms with Gasteiger partial charge in [0, 0.05) is 5.41 Å². The van der Waals surface area contributed by atoms with Gasteiger partial charge in [0.15, 0.2) is 0 Å². The molecule has 0 radical (unpaired) electrons. The van der Waals surface area contributed by atoms with Crippen molar-refractivity contribution in [3.05, 3.63) is 23.3 Å². The number of hydrogen-bond donors (Lipinski definition) is 0. The highest BCUT2D eigenvalue weighted by Gasteiger charge is 2.43. The summed E-state index contributed by atoms with van der Waals surface area (Å²) in [5, 5.41) is 0. The second-order valence-electron chi connectivity index (χ2n) is 6.75. The summed E-state index contributed by atoms with van der Waals surface area (Å²) < 4.78 is 0. The second-order valence-corrected chi connectivity index (χ2v) is 6.75. The number of allylic oxidation sites excluding steroid dienone is 4. The topological polar surface area (TPSA) is 0 Å². The van der Waals surface area contributed by atoms with E-state index in [-0.39, 0.29) is 5.41 Å². The second kappa shape index (κ2) is 5.00. The Balaban J connectivity index is 3.40. The van der Waals surface area contributed by atoms with Gasteiger partial charge in [-0.1, -0.05) is 73.1 Å². The van der Waals surface area contributed by atoms with Crippen LogP contribution < -0.4 is 0 Å². The monoisotopic (exact) mass is 234 g/mol. The molecule has 0 saturated carbocycles. The molecule has 0 aliphatic heterocycles. The highest BCUT2D eigenvalue weighted by Crippen LogP contribution is 2.53. The number of hydrogen-bond acceptors (Lipinski definition) is 0. The molecule has 1 rings (SSSR count). The van der Waals surface area contributed by atoms with Gasteiger partial charge in [-0.2, -0.15) is 0 Å². The minimum absolute atomic E-state index is 0.285. The fraction of sp³-hybridized carbons (Fsp3) is 0.765. The van der Waals surface area contributed by atoms with Crippen molar-refractivity contribution in [2.24, 2.45) is 29.1 Å². The van der Waals surface area contributed by atoms with Crippen LogP contribution in [-0.4, -0.2) is 0 Å². The molecule has 0 amide bonds. The minimum Gasteiger partial charge on any atom is -0.0734 e. The highest BCUT2D eigenvalue weighted by molar-refractivity contribution is 5.44. The third-order valence-electron chi connectivity index (χ3n) is 4.43. The first-order chi connectivity index (χ1) is 7.75. The lowest BCUT2D eigenvalue weighted by atomic mass is 9.62. The van der Waals surface area contributed by atoms with Crippen molar-refractivity contribution >= 4 is 0 Å². The van der Waals surface area contributed by atoms with Crippen molar-refractivity contribution < 1.29 is 0 Å². The predicted octanol–water partition coefficient (Wildman–Crippen LogP) is 5.46. The molecule has 0 saturated heterocycles. The van der Waals surface area contributed by atoms with Crippen molar-refractivity contribution in [2.75, 3.05) is 0 Å². The molecule has 0 spiro atoms. The standard InChI is InChI=1S/C17H30/c1-11(2)15-9-10-17(13(5)6,14(7)8)16(15)12(3)4/h9-14H,1-8H3. The van der Waals surface area contributed by atoms with Gasteiger partial charge in [-0.05, 0) is 29.2 Å². The maximum Gasteiger partial charge on any atom is 0.0148 e. The largest absolute Gasteiger partial charge is 0.0734 e. The van der Waals surface area contributed by atoms with Gasteiger partial charge in [0.2, 0.25) is 0 Å². The van der Waals surface area contributed by atoms with Crippen LogP contribution in [-0.2, 0) is 0 Å². The fourth-order valence-electron chi connectivity index (χ4n) is 3.67. The van der Waals surface area contributed by atoms with Crippen LogP contribution in [0, 0.1) is 29.1 Å². The van der Waals surface area contributed by atoms with E-state index in [9.17, 15) is 0 Å². The summed E-state index contributed by atoms with van der Waals surface area (Å²) in [6.07, 6.45) is 4.90. The lowest BCUT2D eigenvalue weighted by Gasteiger charge is -2.42. The van der Waals surface area contributed by atoms with E-state index in [2.05, 4.69) is 67.5 Å². The van der Waals surface area contributed by atoms with E-state index in [1.54, 1.807) is 11.1 Å². The summed E-state index contributed by atoms with van der Waals surface area (Å²) in [5.41, 5.74) is 3.56. The van der Waals surface area contributed by atoms with Gasteiger partial charge in [0.1, 0.15) is 0 Å². The van der Waals surface area contributed by atoms with Gasteiger partial charge in [-0.15, -0.1) is 0 Å². The molecule has 0 N–H and O–H groups in total. The van der Waals surface area contributed by atoms with Crippen molar-refractivity contribution in [3.63, 3.8) is 0 Å². The zero-order chi connectivity index (χ0) is 13.4. The normalized spacial score (nSPS) is 19.5. The Hall–Kier alpha value is -0.520. The fourth-order valence-corrected chi connectivity index (χ4v) is 3.67. The predicted molar refractivity (Wildman–Crippen MR) is 78.0 cm³/mol. The molecule has 0 aromatic heterocycles. The minimum atomic E-state index is 0.285. The van der Waals surface area contributed by atoms with Crippen LogP contribution in [0.4, 0.5) is 0 Å². The molecule has 0 heterocycles. The molecule has 0 aromatic carbocycles. The Morgan fingerprint density at radius 1 is 0.765 bits per heavy atom. The average molecular weight is 234 g/mol. The van der Waals surface area contributed by atoms with Gasteiger partial charge in [0.05, 0.1) is 0 Å². The molecular weight excluding hydrogens is 204 g/mol. The first-order valence-corrected chi connectivity index (χ1v) is 7.18. The van der Waals surface area contributed by atoms with Crippen LogP contribution in [0.15, 0.2) is 23.3 Å². The van der Waals surface area contributed by atoms with Gasteiger partial charge in [-0.3, -0.25) is 0 Å². The lowest BCUT2D eigenvalue weighted by Crippen LogP contribution is -2.34. The Morgan fingerprint density at radius 2 is 1.24 bits per heavy atom. The van der Waals surface area contributed by atoms with Crippen molar-refractivity contribution in [2.45, 2.75) is 55.4 Å². The molecule has 98 valence electrons. The smallest absolute Gasteiger partial charge is 0.0148 e. The van der Waals surface area contributed by atoms with Crippen molar-refractivity contribution in [3.8, 4) is 0 Å². The third kappa shape index (κ3) is 2.23. The molecular formula is C17H30. The first kappa shape index (κ1) is 14.5. The molecule has 0 aromatic rings. The zero-order valence-electron chi connectivity index (χ0n) is 13.0. The van der Waals surface area contributed by atoms with Crippen molar-refractivity contribution in [1.29, 1.82) is 0 Å². The van der Waals surface area contributed by atoms with E-state index < -0.39 is 0 Å².